The van der Waals surface area contributed by atoms with E-state index >= 15 is 0 Å². The smallest absolute Gasteiger partial charge is 0.122 e. The van der Waals surface area contributed by atoms with Gasteiger partial charge in [0.15, 0.2) is 0 Å². The molecule has 13 atom stereocenters. The van der Waals surface area contributed by atoms with Gasteiger partial charge in [-0.3, -0.25) is 5.32 Å². The highest BCUT2D eigenvalue weighted by molar-refractivity contribution is 5.19. The minimum atomic E-state index is -0.319. The van der Waals surface area contributed by atoms with Gasteiger partial charge in [0.05, 0.1) is 18.3 Å². The number of aliphatic hydroxyl groups excluding tert-OH is 2. The Kier molecular flexibility index (Phi) is 4.78. The minimum absolute atomic E-state index is 0.00311. The fraction of sp³-hybridized carbons (Fsp3) is 1.00. The number of aliphatic hydroxyl groups is 2. The third-order valence-electron chi connectivity index (χ3n) is 12.1. The van der Waals surface area contributed by atoms with Crippen LogP contribution in [0.5, 0.6) is 0 Å². The van der Waals surface area contributed by atoms with Crippen molar-refractivity contribution in [3.63, 3.8) is 0 Å². The van der Waals surface area contributed by atoms with Crippen LogP contribution in [0.2, 0.25) is 0 Å². The Morgan fingerprint density at radius 1 is 0.871 bits per heavy atom. The molecular weight excluding hydrogens is 386 g/mol. The molecule has 6 fully saturated rings. The Balaban J connectivity index is 1.30. The van der Waals surface area contributed by atoms with E-state index in [1.54, 1.807) is 0 Å². The first-order valence-corrected chi connectivity index (χ1v) is 13.5. The van der Waals surface area contributed by atoms with Crippen LogP contribution < -0.4 is 5.32 Å². The summed E-state index contributed by atoms with van der Waals surface area (Å²) >= 11 is 0. The van der Waals surface area contributed by atoms with Crippen molar-refractivity contribution in [3.05, 3.63) is 0 Å². The summed E-state index contributed by atoms with van der Waals surface area (Å²) in [4.78, 5) is 0. The van der Waals surface area contributed by atoms with Gasteiger partial charge < -0.3 is 14.9 Å². The van der Waals surface area contributed by atoms with Gasteiger partial charge in [0.2, 0.25) is 0 Å². The highest BCUT2D eigenvalue weighted by Gasteiger charge is 2.71. The van der Waals surface area contributed by atoms with Gasteiger partial charge in [-0.1, -0.05) is 27.7 Å². The van der Waals surface area contributed by atoms with Crippen LogP contribution >= 0.6 is 0 Å². The van der Waals surface area contributed by atoms with Crippen LogP contribution in [-0.2, 0) is 4.74 Å². The van der Waals surface area contributed by atoms with Crippen molar-refractivity contribution in [2.45, 2.75) is 110 Å². The molecule has 4 aliphatic carbocycles. The van der Waals surface area contributed by atoms with Crippen LogP contribution in [0.3, 0.4) is 0 Å². The van der Waals surface area contributed by atoms with Crippen molar-refractivity contribution in [3.8, 4) is 0 Å². The molecule has 6 aliphatic rings. The zero-order chi connectivity index (χ0) is 21.8. The number of ether oxygens (including phenoxy) is 1. The third-order valence-corrected chi connectivity index (χ3v) is 12.1. The Morgan fingerprint density at radius 3 is 2.39 bits per heavy atom. The molecule has 1 spiro atoms. The number of hydrogen-bond donors (Lipinski definition) is 3. The van der Waals surface area contributed by atoms with E-state index in [0.717, 1.165) is 31.7 Å². The van der Waals surface area contributed by atoms with Gasteiger partial charge >= 0.3 is 0 Å². The zero-order valence-electron chi connectivity index (χ0n) is 20.1. The van der Waals surface area contributed by atoms with E-state index in [2.05, 4.69) is 33.0 Å². The van der Waals surface area contributed by atoms with E-state index in [1.807, 2.05) is 0 Å². The zero-order valence-corrected chi connectivity index (χ0v) is 20.1. The summed E-state index contributed by atoms with van der Waals surface area (Å²) in [5.41, 5.74) is 0.336. The lowest BCUT2D eigenvalue weighted by Crippen LogP contribution is -2.59. The molecule has 2 saturated heterocycles. The van der Waals surface area contributed by atoms with Crippen molar-refractivity contribution in [1.29, 1.82) is 0 Å². The fourth-order valence-electron chi connectivity index (χ4n) is 10.5. The summed E-state index contributed by atoms with van der Waals surface area (Å²) < 4.78 is 6.88. The van der Waals surface area contributed by atoms with E-state index in [4.69, 9.17) is 4.74 Å². The quantitative estimate of drug-likeness (QED) is 0.534. The summed E-state index contributed by atoms with van der Waals surface area (Å²) in [6, 6.07) is 0. The summed E-state index contributed by atoms with van der Waals surface area (Å²) in [6.45, 7) is 10.8. The lowest BCUT2D eigenvalue weighted by molar-refractivity contribution is -0.170. The molecule has 0 aromatic rings. The largest absolute Gasteiger partial charge is 0.393 e. The van der Waals surface area contributed by atoms with Crippen LogP contribution in [0, 0.1) is 52.3 Å². The molecule has 0 aromatic carbocycles. The van der Waals surface area contributed by atoms with Gasteiger partial charge in [-0.15, -0.1) is 0 Å². The first-order chi connectivity index (χ1) is 14.7. The van der Waals surface area contributed by atoms with E-state index in [1.165, 1.54) is 38.5 Å². The Labute approximate surface area is 188 Å². The van der Waals surface area contributed by atoms with Crippen molar-refractivity contribution in [2.75, 3.05) is 6.54 Å². The standard InChI is InChI=1S/C27H45NO3/c1-15-7-12-27(28-14-15)16(2)21-24(31-27)23(30)22-19-6-5-17-13-18(29)8-10-25(17,3)20(19)9-11-26(21,22)4/h15-24,28-30H,5-14H2,1-4H3/t15?,16-,17?,18?,19+,20-,21-,22+,23?,24+,25-,26+,27?/m0/s1. The predicted octanol–water partition coefficient (Wildman–Crippen LogP) is 4.34. The van der Waals surface area contributed by atoms with E-state index in [-0.39, 0.29) is 29.5 Å². The van der Waals surface area contributed by atoms with Crippen LogP contribution in [0.15, 0.2) is 0 Å². The van der Waals surface area contributed by atoms with Gasteiger partial charge in [-0.2, -0.15) is 0 Å². The van der Waals surface area contributed by atoms with E-state index in [9.17, 15) is 10.2 Å². The highest BCUT2D eigenvalue weighted by Crippen LogP contribution is 2.71. The predicted molar refractivity (Wildman–Crippen MR) is 121 cm³/mol. The molecule has 4 nitrogen and oxygen atoms in total. The maximum absolute atomic E-state index is 11.8. The first kappa shape index (κ1) is 21.4. The van der Waals surface area contributed by atoms with Crippen LogP contribution in [-0.4, -0.2) is 40.8 Å². The average molecular weight is 432 g/mol. The molecular formula is C27H45NO3. The highest BCUT2D eigenvalue weighted by atomic mass is 16.5. The molecule has 2 aliphatic heterocycles. The summed E-state index contributed by atoms with van der Waals surface area (Å²) in [5, 5.41) is 25.9. The maximum atomic E-state index is 11.8. The van der Waals surface area contributed by atoms with Crippen molar-refractivity contribution in [1.82, 2.24) is 5.32 Å². The Bertz CT molecular complexity index is 719. The molecule has 5 unspecified atom stereocenters. The lowest BCUT2D eigenvalue weighted by Gasteiger charge is -2.61. The van der Waals surface area contributed by atoms with Gasteiger partial charge in [0.1, 0.15) is 5.72 Å². The molecule has 0 aromatic heterocycles. The second-order valence-corrected chi connectivity index (χ2v) is 13.4. The van der Waals surface area contributed by atoms with Crippen molar-refractivity contribution in [2.24, 2.45) is 52.3 Å². The molecule has 4 saturated carbocycles. The summed E-state index contributed by atoms with van der Waals surface area (Å²) in [7, 11) is 0. The summed E-state index contributed by atoms with van der Waals surface area (Å²) in [5.74, 6) is 4.04. The van der Waals surface area contributed by atoms with Crippen molar-refractivity contribution >= 4 is 0 Å². The number of nitrogens with one attached hydrogen (secondary N) is 1. The number of rotatable bonds is 0. The van der Waals surface area contributed by atoms with Gasteiger partial charge in [-0.25, -0.2) is 0 Å². The molecule has 31 heavy (non-hydrogen) atoms. The lowest BCUT2D eigenvalue weighted by atomic mass is 9.44. The molecule has 0 bridgehead atoms. The van der Waals surface area contributed by atoms with Crippen LogP contribution in [0.25, 0.3) is 0 Å². The summed E-state index contributed by atoms with van der Waals surface area (Å²) in [6.07, 6.45) is 10.1. The van der Waals surface area contributed by atoms with E-state index in [0.29, 0.717) is 40.9 Å². The number of piperidine rings is 1. The monoisotopic (exact) mass is 431 g/mol. The van der Waals surface area contributed by atoms with E-state index < -0.39 is 0 Å². The second kappa shape index (κ2) is 6.93. The molecule has 4 heteroatoms. The fourth-order valence-corrected chi connectivity index (χ4v) is 10.5. The number of hydrogen-bond acceptors (Lipinski definition) is 4. The average Bonchev–Trinajstić information content (AvgIpc) is 3.14. The van der Waals surface area contributed by atoms with Gasteiger partial charge in [0, 0.05) is 18.4 Å². The van der Waals surface area contributed by atoms with Gasteiger partial charge in [0.25, 0.3) is 0 Å². The Morgan fingerprint density at radius 2 is 1.65 bits per heavy atom. The molecule has 0 amide bonds. The Hall–Kier alpha value is -0.160. The first-order valence-electron chi connectivity index (χ1n) is 13.5. The van der Waals surface area contributed by atoms with Crippen molar-refractivity contribution < 1.29 is 14.9 Å². The molecule has 3 N–H and O–H groups in total. The maximum Gasteiger partial charge on any atom is 0.122 e. The minimum Gasteiger partial charge on any atom is -0.393 e. The van der Waals surface area contributed by atoms with Gasteiger partial charge in [-0.05, 0) is 98.2 Å². The third kappa shape index (κ3) is 2.74. The molecule has 0 radical (unpaired) electrons. The molecule has 2 heterocycles. The number of fused-ring (bicyclic) bond motifs is 7. The second-order valence-electron chi connectivity index (χ2n) is 13.4. The topological polar surface area (TPSA) is 61.7 Å². The van der Waals surface area contributed by atoms with Crippen LogP contribution in [0.4, 0.5) is 0 Å². The normalized spacial score (nSPS) is 63.3. The molecule has 176 valence electrons. The SMILES string of the molecule is CC1CCC2(NC1)O[C@H]1C(O)[C@H]3[C@@H]4CCC5CC(O)CC[C@]5(C)[C@H]4CC[C@]3(C)[C@H]1[C@@H]2C. The van der Waals surface area contributed by atoms with Crippen LogP contribution in [0.1, 0.15) is 85.5 Å². The molecule has 6 rings (SSSR count).